The van der Waals surface area contributed by atoms with Gasteiger partial charge in [0.05, 0.1) is 0 Å². The molecule has 1 heterocycles. The second kappa shape index (κ2) is 6.85. The molecule has 1 aromatic rings. The van der Waals surface area contributed by atoms with Crippen LogP contribution < -0.4 is 0 Å². The molecule has 1 atom stereocenters. The Labute approximate surface area is 116 Å². The average Bonchev–Trinajstić information content (AvgIpc) is 2.45. The fraction of sp³-hybridized carbons (Fsp3) is 0.588. The van der Waals surface area contributed by atoms with Crippen molar-refractivity contribution in [3.63, 3.8) is 0 Å². The minimum atomic E-state index is 0.278. The number of aryl methyl sites for hydroxylation is 1. The highest BCUT2D eigenvalue weighted by Crippen LogP contribution is 2.20. The Bertz CT molecular complexity index is 410. The van der Waals surface area contributed by atoms with E-state index in [2.05, 4.69) is 11.8 Å². The van der Waals surface area contributed by atoms with E-state index in [-0.39, 0.29) is 5.78 Å². The van der Waals surface area contributed by atoms with Crippen molar-refractivity contribution in [3.05, 3.63) is 35.4 Å². The predicted molar refractivity (Wildman–Crippen MR) is 79.6 cm³/mol. The number of carbonyl (C=O) groups excluding carboxylic acids is 1. The Morgan fingerprint density at radius 2 is 2.00 bits per heavy atom. The van der Waals surface area contributed by atoms with Crippen LogP contribution in [0.5, 0.6) is 0 Å². The van der Waals surface area contributed by atoms with E-state index >= 15 is 0 Å². The molecule has 0 amide bonds. The first-order valence-electron chi connectivity index (χ1n) is 7.54. The van der Waals surface area contributed by atoms with Crippen molar-refractivity contribution in [2.24, 2.45) is 0 Å². The molecule has 1 aromatic carbocycles. The molecule has 19 heavy (non-hydrogen) atoms. The number of benzene rings is 1. The molecular formula is C17H25NO. The molecule has 0 saturated carbocycles. The lowest BCUT2D eigenvalue weighted by atomic mass is 9.99. The lowest BCUT2D eigenvalue weighted by molar-refractivity contribution is 0.0923. The van der Waals surface area contributed by atoms with Crippen LogP contribution in [0, 0.1) is 6.92 Å². The maximum Gasteiger partial charge on any atom is 0.164 e. The summed E-state index contributed by atoms with van der Waals surface area (Å²) in [6, 6.07) is 8.63. The lowest BCUT2D eigenvalue weighted by Gasteiger charge is -2.35. The van der Waals surface area contributed by atoms with Gasteiger partial charge >= 0.3 is 0 Å². The summed E-state index contributed by atoms with van der Waals surface area (Å²) in [7, 11) is 0. The van der Waals surface area contributed by atoms with Crippen LogP contribution in [0.25, 0.3) is 0 Å². The Morgan fingerprint density at radius 1 is 1.26 bits per heavy atom. The Morgan fingerprint density at radius 3 is 2.68 bits per heavy atom. The molecule has 2 heteroatoms. The van der Waals surface area contributed by atoms with E-state index in [0.29, 0.717) is 12.5 Å². The second-order valence-corrected chi connectivity index (χ2v) is 5.63. The van der Waals surface area contributed by atoms with E-state index < -0.39 is 0 Å². The third-order valence-electron chi connectivity index (χ3n) is 4.22. The molecule has 1 aliphatic heterocycles. The number of ketones is 1. The van der Waals surface area contributed by atoms with Gasteiger partial charge in [0.1, 0.15) is 0 Å². The maximum atomic E-state index is 12.2. The molecule has 0 aromatic heterocycles. The molecule has 2 rings (SSSR count). The first-order chi connectivity index (χ1) is 9.20. The Hall–Kier alpha value is -1.15. The largest absolute Gasteiger partial charge is 0.300 e. The van der Waals surface area contributed by atoms with E-state index in [1.54, 1.807) is 0 Å². The Balaban J connectivity index is 1.87. The minimum Gasteiger partial charge on any atom is -0.300 e. The minimum absolute atomic E-state index is 0.278. The molecule has 1 unspecified atom stereocenters. The van der Waals surface area contributed by atoms with Gasteiger partial charge in [-0.1, -0.05) is 43.2 Å². The zero-order valence-corrected chi connectivity index (χ0v) is 12.2. The van der Waals surface area contributed by atoms with Crippen LogP contribution in [0.3, 0.4) is 0 Å². The van der Waals surface area contributed by atoms with Crippen molar-refractivity contribution < 1.29 is 4.79 Å². The van der Waals surface area contributed by atoms with E-state index in [1.165, 1.54) is 37.8 Å². The summed E-state index contributed by atoms with van der Waals surface area (Å²) in [5, 5.41) is 0. The van der Waals surface area contributed by atoms with Gasteiger partial charge in [-0.25, -0.2) is 0 Å². The molecule has 0 N–H and O–H groups in total. The number of hydrogen-bond donors (Lipinski definition) is 0. The topological polar surface area (TPSA) is 20.3 Å². The number of nitrogens with zero attached hydrogens (tertiary/aromatic N) is 1. The van der Waals surface area contributed by atoms with Crippen molar-refractivity contribution in [3.8, 4) is 0 Å². The second-order valence-electron chi connectivity index (χ2n) is 5.63. The number of carbonyl (C=O) groups is 1. The van der Waals surface area contributed by atoms with Crippen molar-refractivity contribution in [1.82, 2.24) is 4.90 Å². The quantitative estimate of drug-likeness (QED) is 0.749. The summed E-state index contributed by atoms with van der Waals surface area (Å²) >= 11 is 0. The van der Waals surface area contributed by atoms with Gasteiger partial charge in [-0.05, 0) is 32.7 Å². The van der Waals surface area contributed by atoms with Gasteiger partial charge < -0.3 is 0 Å². The number of likely N-dealkylation sites (tertiary alicyclic amines) is 1. The Kier molecular flexibility index (Phi) is 5.15. The summed E-state index contributed by atoms with van der Waals surface area (Å²) in [5.41, 5.74) is 2.06. The summed E-state index contributed by atoms with van der Waals surface area (Å²) in [4.78, 5) is 14.7. The van der Waals surface area contributed by atoms with Crippen LogP contribution in [-0.2, 0) is 0 Å². The van der Waals surface area contributed by atoms with Crippen LogP contribution in [0.15, 0.2) is 24.3 Å². The molecular weight excluding hydrogens is 234 g/mol. The number of Topliss-reactive ketones (excluding diaryl/α,β-unsaturated/α-hetero) is 1. The normalized spacial score (nSPS) is 20.4. The van der Waals surface area contributed by atoms with Gasteiger partial charge in [0, 0.05) is 24.6 Å². The molecule has 104 valence electrons. The fourth-order valence-corrected chi connectivity index (χ4v) is 2.95. The van der Waals surface area contributed by atoms with E-state index in [1.807, 2.05) is 31.2 Å². The SMILES string of the molecule is CCC1CCCCN1CCC(=O)c1ccc(C)cc1. The molecule has 1 fully saturated rings. The highest BCUT2D eigenvalue weighted by molar-refractivity contribution is 5.96. The lowest BCUT2D eigenvalue weighted by Crippen LogP contribution is -2.40. The van der Waals surface area contributed by atoms with Crippen LogP contribution in [-0.4, -0.2) is 29.8 Å². The standard InChI is InChI=1S/C17H25NO/c1-3-16-6-4-5-12-18(16)13-11-17(19)15-9-7-14(2)8-10-15/h7-10,16H,3-6,11-13H2,1-2H3. The highest BCUT2D eigenvalue weighted by Gasteiger charge is 2.21. The van der Waals surface area contributed by atoms with Crippen molar-refractivity contribution in [1.29, 1.82) is 0 Å². The van der Waals surface area contributed by atoms with Gasteiger partial charge in [0.25, 0.3) is 0 Å². The molecule has 1 saturated heterocycles. The third kappa shape index (κ3) is 3.90. The van der Waals surface area contributed by atoms with Crippen LogP contribution in [0.1, 0.15) is 54.9 Å². The maximum absolute atomic E-state index is 12.2. The van der Waals surface area contributed by atoms with Gasteiger partial charge in [-0.3, -0.25) is 9.69 Å². The molecule has 0 bridgehead atoms. The first kappa shape index (κ1) is 14.3. The van der Waals surface area contributed by atoms with Crippen molar-refractivity contribution in [2.75, 3.05) is 13.1 Å². The number of rotatable bonds is 5. The molecule has 0 radical (unpaired) electrons. The van der Waals surface area contributed by atoms with Crippen LogP contribution in [0.4, 0.5) is 0 Å². The summed E-state index contributed by atoms with van der Waals surface area (Å²) in [5.74, 6) is 0.278. The van der Waals surface area contributed by atoms with Crippen molar-refractivity contribution in [2.45, 2.75) is 52.0 Å². The zero-order valence-electron chi connectivity index (χ0n) is 12.2. The van der Waals surface area contributed by atoms with Crippen LogP contribution in [0.2, 0.25) is 0 Å². The number of piperidine rings is 1. The summed E-state index contributed by atoms with van der Waals surface area (Å²) < 4.78 is 0. The monoisotopic (exact) mass is 259 g/mol. The van der Waals surface area contributed by atoms with E-state index in [9.17, 15) is 4.79 Å². The van der Waals surface area contributed by atoms with Gasteiger partial charge in [0.15, 0.2) is 5.78 Å². The molecule has 1 aliphatic rings. The smallest absolute Gasteiger partial charge is 0.164 e. The van der Waals surface area contributed by atoms with Gasteiger partial charge in [0.2, 0.25) is 0 Å². The number of hydrogen-bond acceptors (Lipinski definition) is 2. The van der Waals surface area contributed by atoms with Crippen molar-refractivity contribution >= 4 is 5.78 Å². The average molecular weight is 259 g/mol. The van der Waals surface area contributed by atoms with Gasteiger partial charge in [-0.15, -0.1) is 0 Å². The summed E-state index contributed by atoms with van der Waals surface area (Å²) in [6.45, 7) is 6.39. The zero-order chi connectivity index (χ0) is 13.7. The van der Waals surface area contributed by atoms with E-state index in [0.717, 1.165) is 12.1 Å². The van der Waals surface area contributed by atoms with Crippen LogP contribution >= 0.6 is 0 Å². The van der Waals surface area contributed by atoms with Gasteiger partial charge in [-0.2, -0.15) is 0 Å². The fourth-order valence-electron chi connectivity index (χ4n) is 2.95. The van der Waals surface area contributed by atoms with E-state index in [4.69, 9.17) is 0 Å². The first-order valence-corrected chi connectivity index (χ1v) is 7.54. The predicted octanol–water partition coefficient (Wildman–Crippen LogP) is 3.83. The third-order valence-corrected chi connectivity index (χ3v) is 4.22. The molecule has 0 aliphatic carbocycles. The molecule has 0 spiro atoms. The highest BCUT2D eigenvalue weighted by atomic mass is 16.1. The summed E-state index contributed by atoms with van der Waals surface area (Å²) in [6.07, 6.45) is 5.80. The molecule has 2 nitrogen and oxygen atoms in total.